The zero-order chi connectivity index (χ0) is 11.9. The minimum atomic E-state index is -0.506. The number of fused-ring (bicyclic) bond motifs is 2. The number of carbonyl (C=O) groups excluding carboxylic acids is 1. The van der Waals surface area contributed by atoms with Gasteiger partial charge in [0.1, 0.15) is 5.60 Å². The number of rotatable bonds is 0. The van der Waals surface area contributed by atoms with E-state index >= 15 is 0 Å². The standard InChI is InChI=1S/C13H12N2O2/c14-8-9-3-5-13(6-4-9)10-2-1-7-15-11(10)12(16)17-13/h1-2,7,9H,3-6H2. The first kappa shape index (κ1) is 10.3. The van der Waals surface area contributed by atoms with E-state index in [1.54, 1.807) is 6.20 Å². The molecule has 17 heavy (non-hydrogen) atoms. The summed E-state index contributed by atoms with van der Waals surface area (Å²) in [5.74, 6) is -0.226. The predicted molar refractivity (Wildman–Crippen MR) is 58.9 cm³/mol. The number of ether oxygens (including phenoxy) is 1. The maximum absolute atomic E-state index is 11.7. The largest absolute Gasteiger partial charge is 0.449 e. The van der Waals surface area contributed by atoms with E-state index in [0.717, 1.165) is 31.2 Å². The van der Waals surface area contributed by atoms with E-state index < -0.39 is 5.60 Å². The summed E-state index contributed by atoms with van der Waals surface area (Å²) in [5.41, 5.74) is 0.845. The van der Waals surface area contributed by atoms with Crippen molar-refractivity contribution < 1.29 is 9.53 Å². The van der Waals surface area contributed by atoms with E-state index in [2.05, 4.69) is 11.1 Å². The zero-order valence-electron chi connectivity index (χ0n) is 9.35. The summed E-state index contributed by atoms with van der Waals surface area (Å²) in [4.78, 5) is 15.8. The number of carbonyl (C=O) groups is 1. The van der Waals surface area contributed by atoms with Crippen LogP contribution in [0.4, 0.5) is 0 Å². The molecule has 2 heterocycles. The molecule has 0 unspecified atom stereocenters. The van der Waals surface area contributed by atoms with Crippen LogP contribution in [0.15, 0.2) is 18.3 Å². The Bertz CT molecular complexity index is 510. The predicted octanol–water partition coefficient (Wildman–Crippen LogP) is 2.16. The highest BCUT2D eigenvalue weighted by Gasteiger charge is 2.48. The topological polar surface area (TPSA) is 63.0 Å². The highest BCUT2D eigenvalue weighted by Crippen LogP contribution is 2.47. The van der Waals surface area contributed by atoms with Crippen molar-refractivity contribution in [3.8, 4) is 6.07 Å². The minimum Gasteiger partial charge on any atom is -0.449 e. The van der Waals surface area contributed by atoms with E-state index in [-0.39, 0.29) is 11.9 Å². The van der Waals surface area contributed by atoms with Gasteiger partial charge in [-0.05, 0) is 31.7 Å². The third-order valence-electron chi connectivity index (χ3n) is 3.76. The fourth-order valence-electron chi connectivity index (χ4n) is 2.80. The average molecular weight is 228 g/mol. The van der Waals surface area contributed by atoms with Crippen LogP contribution in [0.3, 0.4) is 0 Å². The van der Waals surface area contributed by atoms with Gasteiger partial charge in [0.2, 0.25) is 0 Å². The molecule has 2 aliphatic rings. The van der Waals surface area contributed by atoms with Gasteiger partial charge < -0.3 is 4.74 Å². The van der Waals surface area contributed by atoms with E-state index in [1.807, 2.05) is 12.1 Å². The molecule has 4 heteroatoms. The molecule has 0 aromatic carbocycles. The fourth-order valence-corrected chi connectivity index (χ4v) is 2.80. The van der Waals surface area contributed by atoms with Gasteiger partial charge >= 0.3 is 5.97 Å². The highest BCUT2D eigenvalue weighted by atomic mass is 16.6. The quantitative estimate of drug-likeness (QED) is 0.638. The number of pyridine rings is 1. The Morgan fingerprint density at radius 2 is 2.24 bits per heavy atom. The van der Waals surface area contributed by atoms with Crippen LogP contribution in [-0.4, -0.2) is 11.0 Å². The Morgan fingerprint density at radius 1 is 1.47 bits per heavy atom. The molecule has 0 saturated heterocycles. The Balaban J connectivity index is 1.97. The lowest BCUT2D eigenvalue weighted by atomic mass is 9.76. The number of nitrogens with zero attached hydrogens (tertiary/aromatic N) is 2. The van der Waals surface area contributed by atoms with E-state index in [1.165, 1.54) is 0 Å². The Morgan fingerprint density at radius 3 is 2.94 bits per heavy atom. The molecule has 0 bridgehead atoms. The van der Waals surface area contributed by atoms with Crippen LogP contribution < -0.4 is 0 Å². The fraction of sp³-hybridized carbons (Fsp3) is 0.462. The Hall–Kier alpha value is -1.89. The summed E-state index contributed by atoms with van der Waals surface area (Å²) in [6.45, 7) is 0. The Labute approximate surface area is 99.2 Å². The molecule has 1 fully saturated rings. The minimum absolute atomic E-state index is 0.0973. The van der Waals surface area contributed by atoms with Crippen molar-refractivity contribution in [2.75, 3.05) is 0 Å². The van der Waals surface area contributed by atoms with Gasteiger partial charge in [-0.15, -0.1) is 0 Å². The summed E-state index contributed by atoms with van der Waals surface area (Å²) in [5, 5.41) is 8.90. The first-order chi connectivity index (χ1) is 8.25. The zero-order valence-corrected chi connectivity index (χ0v) is 9.35. The molecule has 0 N–H and O–H groups in total. The van der Waals surface area contributed by atoms with Crippen molar-refractivity contribution in [1.82, 2.24) is 4.98 Å². The summed E-state index contributed by atoms with van der Waals surface area (Å²) in [7, 11) is 0. The number of aromatic nitrogens is 1. The summed E-state index contributed by atoms with van der Waals surface area (Å²) >= 11 is 0. The van der Waals surface area contributed by atoms with Crippen molar-refractivity contribution in [2.45, 2.75) is 31.3 Å². The van der Waals surface area contributed by atoms with Gasteiger partial charge in [-0.2, -0.15) is 5.26 Å². The van der Waals surface area contributed by atoms with Crippen LogP contribution in [0.1, 0.15) is 41.7 Å². The van der Waals surface area contributed by atoms with Crippen LogP contribution >= 0.6 is 0 Å². The lowest BCUT2D eigenvalue weighted by molar-refractivity contribution is -0.0324. The second-order valence-electron chi connectivity index (χ2n) is 4.69. The van der Waals surface area contributed by atoms with Gasteiger partial charge in [0.05, 0.1) is 6.07 Å². The number of esters is 1. The second-order valence-corrected chi connectivity index (χ2v) is 4.69. The molecular weight excluding hydrogens is 216 g/mol. The molecule has 0 radical (unpaired) electrons. The van der Waals surface area contributed by atoms with Gasteiger partial charge in [-0.3, -0.25) is 0 Å². The normalized spacial score (nSPS) is 30.8. The van der Waals surface area contributed by atoms with Crippen LogP contribution in [0.2, 0.25) is 0 Å². The molecule has 1 aliphatic heterocycles. The first-order valence-corrected chi connectivity index (χ1v) is 5.84. The summed E-state index contributed by atoms with van der Waals surface area (Å²) in [6, 6.07) is 6.04. The van der Waals surface area contributed by atoms with Crippen molar-refractivity contribution in [1.29, 1.82) is 5.26 Å². The number of hydrogen-bond acceptors (Lipinski definition) is 4. The molecule has 1 aliphatic carbocycles. The van der Waals surface area contributed by atoms with Crippen LogP contribution in [0.5, 0.6) is 0 Å². The van der Waals surface area contributed by atoms with Crippen molar-refractivity contribution in [2.24, 2.45) is 5.92 Å². The molecule has 86 valence electrons. The van der Waals surface area contributed by atoms with Gasteiger partial charge in [-0.1, -0.05) is 6.07 Å². The molecule has 1 aromatic rings. The summed E-state index contributed by atoms with van der Waals surface area (Å²) in [6.07, 6.45) is 4.65. The van der Waals surface area contributed by atoms with Crippen LogP contribution in [-0.2, 0) is 10.3 Å². The smallest absolute Gasteiger partial charge is 0.358 e. The number of nitriles is 1. The lowest BCUT2D eigenvalue weighted by Crippen LogP contribution is -2.31. The molecule has 0 atom stereocenters. The first-order valence-electron chi connectivity index (χ1n) is 5.84. The van der Waals surface area contributed by atoms with E-state index in [0.29, 0.717) is 5.69 Å². The maximum Gasteiger partial charge on any atom is 0.358 e. The third-order valence-corrected chi connectivity index (χ3v) is 3.76. The van der Waals surface area contributed by atoms with Crippen LogP contribution in [0.25, 0.3) is 0 Å². The van der Waals surface area contributed by atoms with Gasteiger partial charge in [-0.25, -0.2) is 9.78 Å². The summed E-state index contributed by atoms with van der Waals surface area (Å²) < 4.78 is 5.54. The van der Waals surface area contributed by atoms with Crippen molar-refractivity contribution in [3.05, 3.63) is 29.6 Å². The average Bonchev–Trinajstić information content (AvgIpc) is 2.65. The van der Waals surface area contributed by atoms with Crippen molar-refractivity contribution >= 4 is 5.97 Å². The van der Waals surface area contributed by atoms with Crippen LogP contribution in [0, 0.1) is 17.2 Å². The molecule has 1 spiro atoms. The van der Waals surface area contributed by atoms with E-state index in [4.69, 9.17) is 10.00 Å². The molecule has 3 rings (SSSR count). The molecule has 1 aromatic heterocycles. The van der Waals surface area contributed by atoms with Crippen molar-refractivity contribution in [3.63, 3.8) is 0 Å². The SMILES string of the molecule is N#CC1CCC2(CC1)OC(=O)c1ncccc12. The Kier molecular flexibility index (Phi) is 2.15. The van der Waals surface area contributed by atoms with Gasteiger partial charge in [0.15, 0.2) is 5.69 Å². The lowest BCUT2D eigenvalue weighted by Gasteiger charge is -2.34. The maximum atomic E-state index is 11.7. The molecular formula is C13H12N2O2. The molecule has 0 amide bonds. The number of hydrogen-bond donors (Lipinski definition) is 0. The van der Waals surface area contributed by atoms with Gasteiger partial charge in [0, 0.05) is 17.7 Å². The third kappa shape index (κ3) is 1.42. The van der Waals surface area contributed by atoms with E-state index in [9.17, 15) is 4.79 Å². The monoisotopic (exact) mass is 228 g/mol. The van der Waals surface area contributed by atoms with Gasteiger partial charge in [0.25, 0.3) is 0 Å². The second kappa shape index (κ2) is 3.56. The molecule has 4 nitrogen and oxygen atoms in total. The molecule has 1 saturated carbocycles. The highest BCUT2D eigenvalue weighted by molar-refractivity contribution is 5.92.